The molecule has 2 aromatic heterocycles. The summed E-state index contributed by atoms with van der Waals surface area (Å²) in [7, 11) is 0. The minimum Gasteiger partial charge on any atom is -0.290 e. The molecule has 2 heterocycles. The van der Waals surface area contributed by atoms with E-state index in [1.54, 1.807) is 11.3 Å². The van der Waals surface area contributed by atoms with Gasteiger partial charge in [-0.2, -0.15) is 5.26 Å². The maximum atomic E-state index is 9.04. The van der Waals surface area contributed by atoms with Gasteiger partial charge in [0.25, 0.3) is 0 Å². The van der Waals surface area contributed by atoms with Gasteiger partial charge in [0.2, 0.25) is 0 Å². The van der Waals surface area contributed by atoms with Crippen molar-refractivity contribution in [1.82, 2.24) is 9.38 Å². The topological polar surface area (TPSA) is 41.1 Å². The van der Waals surface area contributed by atoms with E-state index >= 15 is 0 Å². The SMILES string of the molecule is N#Cc1ccc(-c2csc3nc(C45CC6CCCC(C4)C(C6)C5)cn23)cc1. The highest BCUT2D eigenvalue weighted by atomic mass is 32.1. The van der Waals surface area contributed by atoms with Gasteiger partial charge in [-0.25, -0.2) is 4.98 Å². The van der Waals surface area contributed by atoms with Gasteiger partial charge in [-0.15, -0.1) is 11.3 Å². The van der Waals surface area contributed by atoms with Crippen molar-refractivity contribution < 1.29 is 0 Å². The van der Waals surface area contributed by atoms with Gasteiger partial charge < -0.3 is 0 Å². The fraction of sp³-hybridized carbons (Fsp3) is 0.478. The summed E-state index contributed by atoms with van der Waals surface area (Å²) in [5, 5.41) is 11.2. The fourth-order valence-corrected chi connectivity index (χ4v) is 7.31. The van der Waals surface area contributed by atoms with Gasteiger partial charge in [-0.3, -0.25) is 4.40 Å². The highest BCUT2D eigenvalue weighted by molar-refractivity contribution is 7.15. The predicted molar refractivity (Wildman–Crippen MR) is 108 cm³/mol. The second kappa shape index (κ2) is 5.69. The summed E-state index contributed by atoms with van der Waals surface area (Å²) in [6.45, 7) is 0. The Kier molecular flexibility index (Phi) is 3.35. The zero-order valence-electron chi connectivity index (χ0n) is 15.4. The Labute approximate surface area is 163 Å². The third-order valence-electron chi connectivity index (χ3n) is 7.54. The highest BCUT2D eigenvalue weighted by Crippen LogP contribution is 2.60. The molecule has 3 aromatic rings. The smallest absolute Gasteiger partial charge is 0.194 e. The zero-order chi connectivity index (χ0) is 18.0. The van der Waals surface area contributed by atoms with Gasteiger partial charge in [-0.05, 0) is 61.1 Å². The molecule has 4 unspecified atom stereocenters. The molecule has 3 nitrogen and oxygen atoms in total. The number of aromatic nitrogens is 2. The molecule has 1 aromatic carbocycles. The Morgan fingerprint density at radius 2 is 1.96 bits per heavy atom. The average molecular weight is 374 g/mol. The molecule has 6 rings (SSSR count). The maximum Gasteiger partial charge on any atom is 0.194 e. The van der Waals surface area contributed by atoms with Crippen LogP contribution in [-0.4, -0.2) is 9.38 Å². The summed E-state index contributed by atoms with van der Waals surface area (Å²) >= 11 is 1.73. The summed E-state index contributed by atoms with van der Waals surface area (Å²) in [6, 6.07) is 10.1. The van der Waals surface area contributed by atoms with Crippen LogP contribution in [0.5, 0.6) is 0 Å². The van der Waals surface area contributed by atoms with Crippen LogP contribution in [0.1, 0.15) is 56.2 Å². The highest BCUT2D eigenvalue weighted by Gasteiger charge is 2.53. The Hall–Kier alpha value is -2.12. The number of imidazole rings is 1. The molecule has 3 aliphatic carbocycles. The summed E-state index contributed by atoms with van der Waals surface area (Å²) < 4.78 is 2.29. The Balaban J connectivity index is 1.42. The maximum absolute atomic E-state index is 9.04. The van der Waals surface area contributed by atoms with Gasteiger partial charge in [0.05, 0.1) is 23.0 Å². The van der Waals surface area contributed by atoms with Crippen molar-refractivity contribution in [2.45, 2.75) is 50.4 Å². The van der Waals surface area contributed by atoms with Crippen molar-refractivity contribution in [2.75, 3.05) is 0 Å². The lowest BCUT2D eigenvalue weighted by molar-refractivity contribution is 0.215. The lowest BCUT2D eigenvalue weighted by Gasteiger charge is -2.36. The van der Waals surface area contributed by atoms with Gasteiger partial charge in [-0.1, -0.05) is 31.4 Å². The number of hydrogen-bond donors (Lipinski definition) is 0. The first kappa shape index (κ1) is 15.9. The van der Waals surface area contributed by atoms with E-state index in [0.717, 1.165) is 28.3 Å². The van der Waals surface area contributed by atoms with Gasteiger partial charge in [0.1, 0.15) is 0 Å². The summed E-state index contributed by atoms with van der Waals surface area (Å²) in [5.74, 6) is 2.81. The van der Waals surface area contributed by atoms with E-state index in [9.17, 15) is 0 Å². The number of nitriles is 1. The van der Waals surface area contributed by atoms with Crippen LogP contribution < -0.4 is 0 Å². The summed E-state index contributed by atoms with van der Waals surface area (Å²) in [5.41, 5.74) is 4.75. The molecule has 4 atom stereocenters. The van der Waals surface area contributed by atoms with E-state index in [4.69, 9.17) is 10.2 Å². The van der Waals surface area contributed by atoms with E-state index < -0.39 is 0 Å². The van der Waals surface area contributed by atoms with Crippen molar-refractivity contribution in [1.29, 1.82) is 5.26 Å². The van der Waals surface area contributed by atoms with Crippen LogP contribution in [0.4, 0.5) is 0 Å². The molecule has 136 valence electrons. The van der Waals surface area contributed by atoms with Crippen LogP contribution in [0, 0.1) is 29.1 Å². The lowest BCUT2D eigenvalue weighted by atomic mass is 9.68. The lowest BCUT2D eigenvalue weighted by Crippen LogP contribution is -2.31. The van der Waals surface area contributed by atoms with E-state index in [1.807, 2.05) is 12.1 Å². The Morgan fingerprint density at radius 3 is 2.81 bits per heavy atom. The zero-order valence-corrected chi connectivity index (χ0v) is 16.2. The standard InChI is InChI=1S/C23H23N3S/c24-12-15-4-6-17(7-5-15)20-14-27-22-25-21(13-26(20)22)23-9-16-2-1-3-18(10-23)19(8-16)11-23/h4-7,13-14,16,18-19H,1-3,8-11H2. The second-order valence-electron chi connectivity index (χ2n) is 9.03. The van der Waals surface area contributed by atoms with Crippen molar-refractivity contribution in [2.24, 2.45) is 17.8 Å². The quantitative estimate of drug-likeness (QED) is 0.570. The molecule has 3 aliphatic rings. The number of rotatable bonds is 2. The largest absolute Gasteiger partial charge is 0.290 e. The van der Waals surface area contributed by atoms with Crippen molar-refractivity contribution in [3.63, 3.8) is 0 Å². The number of thiazole rings is 1. The van der Waals surface area contributed by atoms with Crippen LogP contribution in [0.2, 0.25) is 0 Å². The van der Waals surface area contributed by atoms with E-state index in [1.165, 1.54) is 56.3 Å². The third-order valence-corrected chi connectivity index (χ3v) is 8.38. The van der Waals surface area contributed by atoms with Crippen molar-refractivity contribution >= 4 is 16.3 Å². The molecule has 3 bridgehead atoms. The Bertz CT molecular complexity index is 1050. The van der Waals surface area contributed by atoms with Gasteiger partial charge in [0, 0.05) is 17.0 Å². The van der Waals surface area contributed by atoms with E-state index in [-0.39, 0.29) is 0 Å². The Morgan fingerprint density at radius 1 is 1.11 bits per heavy atom. The van der Waals surface area contributed by atoms with Crippen molar-refractivity contribution in [3.8, 4) is 17.3 Å². The molecule has 3 saturated carbocycles. The van der Waals surface area contributed by atoms with Gasteiger partial charge in [0.15, 0.2) is 4.96 Å². The van der Waals surface area contributed by atoms with E-state index in [2.05, 4.69) is 34.2 Å². The first-order chi connectivity index (χ1) is 13.2. The van der Waals surface area contributed by atoms with Crippen LogP contribution in [-0.2, 0) is 5.41 Å². The fourth-order valence-electron chi connectivity index (χ4n) is 6.43. The van der Waals surface area contributed by atoms with Crippen LogP contribution in [0.25, 0.3) is 16.2 Å². The predicted octanol–water partition coefficient (Wildman–Crippen LogP) is 5.79. The minimum atomic E-state index is 0.340. The molecule has 0 spiro atoms. The third kappa shape index (κ3) is 2.34. The first-order valence-corrected chi connectivity index (χ1v) is 11.1. The minimum absolute atomic E-state index is 0.340. The summed E-state index contributed by atoms with van der Waals surface area (Å²) in [6.07, 6.45) is 12.2. The average Bonchev–Trinajstić information content (AvgIpc) is 3.31. The normalized spacial score (nSPS) is 31.9. The molecule has 0 aliphatic heterocycles. The monoisotopic (exact) mass is 373 g/mol. The molecular weight excluding hydrogens is 350 g/mol. The summed E-state index contributed by atoms with van der Waals surface area (Å²) in [4.78, 5) is 6.25. The second-order valence-corrected chi connectivity index (χ2v) is 9.87. The molecule has 0 amide bonds. The van der Waals surface area contributed by atoms with E-state index in [0.29, 0.717) is 11.0 Å². The number of nitrogens with zero attached hydrogens (tertiary/aromatic N) is 3. The number of hydrogen-bond acceptors (Lipinski definition) is 3. The van der Waals surface area contributed by atoms with Gasteiger partial charge >= 0.3 is 0 Å². The molecular formula is C23H23N3S. The molecule has 3 fully saturated rings. The molecule has 0 radical (unpaired) electrons. The molecule has 4 heteroatoms. The molecule has 0 N–H and O–H groups in total. The van der Waals surface area contributed by atoms with Crippen LogP contribution in [0.15, 0.2) is 35.8 Å². The van der Waals surface area contributed by atoms with Crippen LogP contribution >= 0.6 is 11.3 Å². The number of benzene rings is 1. The molecule has 0 saturated heterocycles. The first-order valence-electron chi connectivity index (χ1n) is 10.2. The van der Waals surface area contributed by atoms with Crippen LogP contribution in [0.3, 0.4) is 0 Å². The molecule has 27 heavy (non-hydrogen) atoms. The van der Waals surface area contributed by atoms with Crippen molar-refractivity contribution in [3.05, 3.63) is 47.1 Å². The number of fused-ring (bicyclic) bond motifs is 3.